The van der Waals surface area contributed by atoms with E-state index in [-0.39, 0.29) is 23.0 Å². The number of halogens is 3. The molecule has 0 amide bonds. The van der Waals surface area contributed by atoms with Crippen LogP contribution in [0.5, 0.6) is 11.5 Å². The first-order chi connectivity index (χ1) is 13.3. The Kier molecular flexibility index (Phi) is 5.97. The van der Waals surface area contributed by atoms with Crippen LogP contribution < -0.4 is 4.74 Å². The Morgan fingerprint density at radius 3 is 2.25 bits per heavy atom. The van der Waals surface area contributed by atoms with E-state index < -0.39 is 11.8 Å². The number of carboxylic acid groups (broad SMARTS) is 1. The number of carbonyl (C=O) groups is 2. The SMILES string of the molecule is O=C(O)Cc1cc(Cl)cc(Oc2ccc(C(=O)c3ccc(F)cc3)cc2Cl)c1. The second-order valence-electron chi connectivity index (χ2n) is 5.95. The zero-order valence-electron chi connectivity index (χ0n) is 14.3. The van der Waals surface area contributed by atoms with E-state index in [2.05, 4.69) is 0 Å². The molecule has 142 valence electrons. The molecule has 3 aromatic rings. The van der Waals surface area contributed by atoms with Crippen molar-refractivity contribution in [3.63, 3.8) is 0 Å². The first-order valence-electron chi connectivity index (χ1n) is 8.11. The minimum absolute atomic E-state index is 0.188. The lowest BCUT2D eigenvalue weighted by molar-refractivity contribution is -0.136. The quantitative estimate of drug-likeness (QED) is 0.515. The summed E-state index contributed by atoms with van der Waals surface area (Å²) in [6, 6.07) is 14.3. The van der Waals surface area contributed by atoms with Crippen molar-refractivity contribution in [1.82, 2.24) is 0 Å². The number of carboxylic acids is 1. The van der Waals surface area contributed by atoms with Crippen molar-refractivity contribution in [3.8, 4) is 11.5 Å². The molecule has 0 saturated carbocycles. The van der Waals surface area contributed by atoms with Gasteiger partial charge >= 0.3 is 5.97 Å². The lowest BCUT2D eigenvalue weighted by Crippen LogP contribution is -2.02. The maximum atomic E-state index is 13.0. The average molecular weight is 419 g/mol. The zero-order valence-corrected chi connectivity index (χ0v) is 15.8. The van der Waals surface area contributed by atoms with Gasteiger partial charge in [-0.25, -0.2) is 4.39 Å². The van der Waals surface area contributed by atoms with Crippen LogP contribution in [0.2, 0.25) is 10.0 Å². The molecule has 0 aliphatic heterocycles. The molecule has 0 aliphatic carbocycles. The van der Waals surface area contributed by atoms with Crippen LogP contribution in [0.25, 0.3) is 0 Å². The van der Waals surface area contributed by atoms with Gasteiger partial charge in [0.1, 0.15) is 17.3 Å². The van der Waals surface area contributed by atoms with Crippen LogP contribution in [0.3, 0.4) is 0 Å². The molecule has 3 aromatic carbocycles. The Morgan fingerprint density at radius 2 is 1.61 bits per heavy atom. The number of aliphatic carboxylic acids is 1. The highest BCUT2D eigenvalue weighted by atomic mass is 35.5. The molecule has 0 unspecified atom stereocenters. The van der Waals surface area contributed by atoms with Gasteiger partial charge in [-0.2, -0.15) is 0 Å². The number of hydrogen-bond acceptors (Lipinski definition) is 3. The van der Waals surface area contributed by atoms with Gasteiger partial charge in [0.05, 0.1) is 11.4 Å². The highest BCUT2D eigenvalue weighted by Crippen LogP contribution is 2.32. The van der Waals surface area contributed by atoms with Crippen molar-refractivity contribution in [2.24, 2.45) is 0 Å². The normalized spacial score (nSPS) is 10.5. The first-order valence-corrected chi connectivity index (χ1v) is 8.86. The Morgan fingerprint density at radius 1 is 0.929 bits per heavy atom. The molecule has 0 aliphatic rings. The van der Waals surface area contributed by atoms with E-state index >= 15 is 0 Å². The monoisotopic (exact) mass is 418 g/mol. The van der Waals surface area contributed by atoms with Crippen molar-refractivity contribution < 1.29 is 23.8 Å². The highest BCUT2D eigenvalue weighted by molar-refractivity contribution is 6.32. The number of carbonyl (C=O) groups excluding carboxylic acids is 1. The molecule has 0 fully saturated rings. The molecule has 0 atom stereocenters. The van der Waals surface area contributed by atoms with E-state index in [1.54, 1.807) is 6.07 Å². The largest absolute Gasteiger partial charge is 0.481 e. The van der Waals surface area contributed by atoms with Gasteiger partial charge in [0, 0.05) is 16.1 Å². The number of ether oxygens (including phenoxy) is 1. The molecule has 4 nitrogen and oxygen atoms in total. The summed E-state index contributed by atoms with van der Waals surface area (Å²) in [6.45, 7) is 0. The fourth-order valence-electron chi connectivity index (χ4n) is 2.58. The summed E-state index contributed by atoms with van der Waals surface area (Å²) < 4.78 is 18.7. The third-order valence-corrected chi connectivity index (χ3v) is 4.33. The lowest BCUT2D eigenvalue weighted by atomic mass is 10.0. The van der Waals surface area contributed by atoms with Crippen molar-refractivity contribution in [3.05, 3.63) is 93.2 Å². The minimum atomic E-state index is -0.991. The van der Waals surface area contributed by atoms with Crippen molar-refractivity contribution in [1.29, 1.82) is 0 Å². The Labute approximate surface area is 170 Å². The maximum absolute atomic E-state index is 13.0. The third kappa shape index (κ3) is 4.88. The van der Waals surface area contributed by atoms with Crippen LogP contribution in [0.15, 0.2) is 60.7 Å². The minimum Gasteiger partial charge on any atom is -0.481 e. The molecule has 1 N–H and O–H groups in total. The molecular weight excluding hydrogens is 406 g/mol. The molecule has 0 spiro atoms. The van der Waals surface area contributed by atoms with Crippen LogP contribution in [0.4, 0.5) is 4.39 Å². The molecule has 0 aromatic heterocycles. The van der Waals surface area contributed by atoms with Crippen molar-refractivity contribution in [2.45, 2.75) is 6.42 Å². The predicted octanol–water partition coefficient (Wildman–Crippen LogP) is 5.78. The Bertz CT molecular complexity index is 1050. The first kappa shape index (κ1) is 19.9. The van der Waals surface area contributed by atoms with Gasteiger partial charge < -0.3 is 9.84 Å². The fourth-order valence-corrected chi connectivity index (χ4v) is 3.04. The number of ketones is 1. The second kappa shape index (κ2) is 8.42. The Balaban J connectivity index is 1.83. The molecule has 0 radical (unpaired) electrons. The summed E-state index contributed by atoms with van der Waals surface area (Å²) >= 11 is 12.2. The van der Waals surface area contributed by atoms with Gasteiger partial charge in [0.25, 0.3) is 0 Å². The Hall–Kier alpha value is -2.89. The summed E-state index contributed by atoms with van der Waals surface area (Å²) in [5.74, 6) is -1.12. The summed E-state index contributed by atoms with van der Waals surface area (Å²) in [5.41, 5.74) is 1.13. The molecule has 7 heteroatoms. The van der Waals surface area contributed by atoms with Gasteiger partial charge in [-0.05, 0) is 66.2 Å². The van der Waals surface area contributed by atoms with Crippen LogP contribution in [-0.2, 0) is 11.2 Å². The lowest BCUT2D eigenvalue weighted by Gasteiger charge is -2.11. The third-order valence-electron chi connectivity index (χ3n) is 3.81. The van der Waals surface area contributed by atoms with Crippen LogP contribution in [0, 0.1) is 5.82 Å². The summed E-state index contributed by atoms with van der Waals surface area (Å²) in [4.78, 5) is 23.4. The van der Waals surface area contributed by atoms with E-state index in [4.69, 9.17) is 33.0 Å². The average Bonchev–Trinajstić information content (AvgIpc) is 2.62. The van der Waals surface area contributed by atoms with Gasteiger partial charge in [-0.1, -0.05) is 23.2 Å². The number of hydrogen-bond donors (Lipinski definition) is 1. The fraction of sp³-hybridized carbons (Fsp3) is 0.0476. The summed E-state index contributed by atoms with van der Waals surface area (Å²) in [5, 5.41) is 9.43. The van der Waals surface area contributed by atoms with E-state index in [1.807, 2.05) is 0 Å². The molecule has 0 heterocycles. The van der Waals surface area contributed by atoms with E-state index in [0.29, 0.717) is 27.5 Å². The van der Waals surface area contributed by atoms with E-state index in [1.165, 1.54) is 54.6 Å². The molecular formula is C21H13Cl2FO4. The summed E-state index contributed by atoms with van der Waals surface area (Å²) in [7, 11) is 0. The number of rotatable bonds is 6. The standard InChI is InChI=1S/C21H13Cl2FO4/c22-15-7-12(9-20(25)26)8-17(11-15)28-19-6-3-14(10-18(19)23)21(27)13-1-4-16(24)5-2-13/h1-8,10-11H,9H2,(H,25,26). The zero-order chi connectivity index (χ0) is 20.3. The van der Waals surface area contributed by atoms with Gasteiger partial charge in [0.15, 0.2) is 5.78 Å². The highest BCUT2D eigenvalue weighted by Gasteiger charge is 2.13. The van der Waals surface area contributed by atoms with E-state index in [0.717, 1.165) is 0 Å². The van der Waals surface area contributed by atoms with Crippen molar-refractivity contribution in [2.75, 3.05) is 0 Å². The van der Waals surface area contributed by atoms with E-state index in [9.17, 15) is 14.0 Å². The summed E-state index contributed by atoms with van der Waals surface area (Å²) in [6.07, 6.45) is -0.199. The van der Waals surface area contributed by atoms with Crippen LogP contribution >= 0.6 is 23.2 Å². The maximum Gasteiger partial charge on any atom is 0.307 e. The smallest absolute Gasteiger partial charge is 0.307 e. The molecule has 28 heavy (non-hydrogen) atoms. The molecule has 0 saturated heterocycles. The van der Waals surface area contributed by atoms with Crippen LogP contribution in [-0.4, -0.2) is 16.9 Å². The molecule has 3 rings (SSSR count). The predicted molar refractivity (Wildman–Crippen MR) is 104 cm³/mol. The van der Waals surface area contributed by atoms with Crippen LogP contribution in [0.1, 0.15) is 21.5 Å². The van der Waals surface area contributed by atoms with Gasteiger partial charge in [0.2, 0.25) is 0 Å². The van der Waals surface area contributed by atoms with Gasteiger partial charge in [-0.3, -0.25) is 9.59 Å². The van der Waals surface area contributed by atoms with Gasteiger partial charge in [-0.15, -0.1) is 0 Å². The number of benzene rings is 3. The molecule has 0 bridgehead atoms. The topological polar surface area (TPSA) is 63.6 Å². The second-order valence-corrected chi connectivity index (χ2v) is 6.79. The van der Waals surface area contributed by atoms with Crippen molar-refractivity contribution >= 4 is 35.0 Å².